The Morgan fingerprint density at radius 3 is 2.56 bits per heavy atom. The Kier molecular flexibility index (Phi) is 7.17. The molecule has 1 atom stereocenters. The zero-order valence-corrected chi connectivity index (χ0v) is 18.9. The van der Waals surface area contributed by atoms with Crippen LogP contribution in [0.15, 0.2) is 60.0 Å². The number of rotatable bonds is 8. The van der Waals surface area contributed by atoms with Crippen molar-refractivity contribution in [1.29, 1.82) is 0 Å². The Bertz CT molecular complexity index is 1060. The summed E-state index contributed by atoms with van der Waals surface area (Å²) >= 11 is 1.48. The number of ether oxygens (including phenoxy) is 1. The lowest BCUT2D eigenvalue weighted by atomic mass is 10.1. The van der Waals surface area contributed by atoms with Gasteiger partial charge in [0.25, 0.3) is 0 Å². The predicted molar refractivity (Wildman–Crippen MR) is 126 cm³/mol. The maximum Gasteiger partial charge on any atom is 0.249 e. The molecule has 1 aliphatic rings. The summed E-state index contributed by atoms with van der Waals surface area (Å²) in [5, 5.41) is 5.65. The van der Waals surface area contributed by atoms with E-state index in [4.69, 9.17) is 4.74 Å². The first-order valence-corrected chi connectivity index (χ1v) is 11.8. The molecule has 0 radical (unpaired) electrons. The van der Waals surface area contributed by atoms with Gasteiger partial charge in [0, 0.05) is 18.5 Å². The first-order chi connectivity index (χ1) is 15.7. The summed E-state index contributed by atoms with van der Waals surface area (Å²) in [5.74, 6) is 0.508. The number of nitrogens with zero attached hydrogens (tertiary/aromatic N) is 2. The highest BCUT2D eigenvalue weighted by molar-refractivity contribution is 7.13. The van der Waals surface area contributed by atoms with Crippen molar-refractivity contribution in [2.24, 2.45) is 0 Å². The minimum Gasteiger partial charge on any atom is -0.493 e. The van der Waals surface area contributed by atoms with Crippen LogP contribution in [0.3, 0.4) is 0 Å². The highest BCUT2D eigenvalue weighted by Crippen LogP contribution is 2.32. The minimum atomic E-state index is -0.682. The number of likely N-dealkylation sites (tertiary alicyclic amines) is 1. The molecule has 166 valence electrons. The van der Waals surface area contributed by atoms with Crippen LogP contribution in [0, 0.1) is 0 Å². The molecule has 6 nitrogen and oxygen atoms in total. The number of carbonyl (C=O) groups is 2. The molecule has 3 aromatic rings. The third-order valence-electron chi connectivity index (χ3n) is 5.41. The van der Waals surface area contributed by atoms with Crippen molar-refractivity contribution in [3.05, 3.63) is 71.2 Å². The molecule has 2 aromatic carbocycles. The molecule has 2 heterocycles. The zero-order chi connectivity index (χ0) is 22.3. The number of hydrogen-bond acceptors (Lipinski definition) is 5. The lowest BCUT2D eigenvalue weighted by molar-refractivity contribution is -0.135. The van der Waals surface area contributed by atoms with Gasteiger partial charge in [0.2, 0.25) is 11.8 Å². The Hall–Kier alpha value is -3.19. The number of aromatic nitrogens is 1. The van der Waals surface area contributed by atoms with Crippen molar-refractivity contribution >= 4 is 23.2 Å². The van der Waals surface area contributed by atoms with Gasteiger partial charge in [-0.2, -0.15) is 0 Å². The third-order valence-corrected chi connectivity index (χ3v) is 6.34. The molecule has 4 rings (SSSR count). The summed E-state index contributed by atoms with van der Waals surface area (Å²) in [6, 6.07) is 16.5. The fourth-order valence-corrected chi connectivity index (χ4v) is 4.72. The first kappa shape index (κ1) is 22.0. The van der Waals surface area contributed by atoms with Gasteiger partial charge in [-0.3, -0.25) is 9.59 Å². The lowest BCUT2D eigenvalue weighted by Crippen LogP contribution is -2.42. The average molecular weight is 450 g/mol. The van der Waals surface area contributed by atoms with Crippen LogP contribution in [0.1, 0.15) is 37.1 Å². The van der Waals surface area contributed by atoms with Crippen LogP contribution in [-0.4, -0.2) is 41.4 Å². The SMILES string of the molecule is CCOc1ccccc1-c1nc(CC(=O)NC(C(=O)N2CCCC2)c2ccccc2)cs1. The molecule has 0 bridgehead atoms. The lowest BCUT2D eigenvalue weighted by Gasteiger charge is -2.24. The van der Waals surface area contributed by atoms with E-state index in [2.05, 4.69) is 10.3 Å². The number of para-hydroxylation sites is 1. The van der Waals surface area contributed by atoms with Crippen LogP contribution in [0.4, 0.5) is 0 Å². The molecule has 1 aliphatic heterocycles. The van der Waals surface area contributed by atoms with Crippen molar-refractivity contribution in [2.45, 2.75) is 32.2 Å². The topological polar surface area (TPSA) is 71.5 Å². The highest BCUT2D eigenvalue weighted by atomic mass is 32.1. The normalized spacial score (nSPS) is 14.2. The molecular weight excluding hydrogens is 422 g/mol. The molecule has 1 N–H and O–H groups in total. The second-order valence-corrected chi connectivity index (χ2v) is 8.55. The minimum absolute atomic E-state index is 0.0494. The molecule has 0 saturated carbocycles. The maximum absolute atomic E-state index is 13.1. The highest BCUT2D eigenvalue weighted by Gasteiger charge is 2.29. The van der Waals surface area contributed by atoms with Crippen LogP contribution in [0.2, 0.25) is 0 Å². The van der Waals surface area contributed by atoms with Gasteiger partial charge < -0.3 is 15.0 Å². The second kappa shape index (κ2) is 10.4. The predicted octanol–water partition coefficient (Wildman–Crippen LogP) is 4.23. The quantitative estimate of drug-likeness (QED) is 0.559. The van der Waals surface area contributed by atoms with Crippen molar-refractivity contribution in [3.63, 3.8) is 0 Å². The van der Waals surface area contributed by atoms with E-state index in [0.717, 1.165) is 47.8 Å². The summed E-state index contributed by atoms with van der Waals surface area (Å²) in [6.07, 6.45) is 2.13. The number of hydrogen-bond donors (Lipinski definition) is 1. The second-order valence-electron chi connectivity index (χ2n) is 7.69. The summed E-state index contributed by atoms with van der Waals surface area (Å²) < 4.78 is 5.70. The molecule has 32 heavy (non-hydrogen) atoms. The van der Waals surface area contributed by atoms with Gasteiger partial charge in [0.05, 0.1) is 24.3 Å². The number of benzene rings is 2. The van der Waals surface area contributed by atoms with Crippen LogP contribution >= 0.6 is 11.3 Å². The summed E-state index contributed by atoms with van der Waals surface area (Å²) in [5.41, 5.74) is 2.38. The average Bonchev–Trinajstić information content (AvgIpc) is 3.51. The van der Waals surface area contributed by atoms with Gasteiger partial charge in [-0.25, -0.2) is 4.98 Å². The molecular formula is C25H27N3O3S. The summed E-state index contributed by atoms with van der Waals surface area (Å²) in [7, 11) is 0. The van der Waals surface area contributed by atoms with Gasteiger partial charge in [0.15, 0.2) is 0 Å². The van der Waals surface area contributed by atoms with Crippen LogP contribution in [0.5, 0.6) is 5.75 Å². The first-order valence-electron chi connectivity index (χ1n) is 11.0. The molecule has 1 saturated heterocycles. The van der Waals surface area contributed by atoms with E-state index in [1.165, 1.54) is 11.3 Å². The van der Waals surface area contributed by atoms with Crippen molar-refractivity contribution in [2.75, 3.05) is 19.7 Å². The largest absolute Gasteiger partial charge is 0.493 e. The summed E-state index contributed by atoms with van der Waals surface area (Å²) in [6.45, 7) is 4.00. The standard InChI is InChI=1S/C25H27N3O3S/c1-2-31-21-13-7-6-12-20(21)24-26-19(17-32-24)16-22(29)27-23(18-10-4-3-5-11-18)25(30)28-14-8-9-15-28/h3-7,10-13,17,23H,2,8-9,14-16H2,1H3,(H,27,29). The van der Waals surface area contributed by atoms with Gasteiger partial charge in [-0.15, -0.1) is 11.3 Å². The zero-order valence-electron chi connectivity index (χ0n) is 18.1. The molecule has 1 fully saturated rings. The van der Waals surface area contributed by atoms with E-state index in [-0.39, 0.29) is 18.2 Å². The molecule has 0 spiro atoms. The monoisotopic (exact) mass is 449 g/mol. The van der Waals surface area contributed by atoms with E-state index in [1.807, 2.05) is 71.8 Å². The van der Waals surface area contributed by atoms with Gasteiger partial charge in [-0.05, 0) is 37.5 Å². The van der Waals surface area contributed by atoms with E-state index in [0.29, 0.717) is 12.3 Å². The van der Waals surface area contributed by atoms with Crippen LogP contribution < -0.4 is 10.1 Å². The smallest absolute Gasteiger partial charge is 0.249 e. The third kappa shape index (κ3) is 5.16. The Balaban J connectivity index is 1.48. The van der Waals surface area contributed by atoms with Gasteiger partial charge in [-0.1, -0.05) is 42.5 Å². The molecule has 1 unspecified atom stereocenters. The van der Waals surface area contributed by atoms with Crippen LogP contribution in [-0.2, 0) is 16.0 Å². The van der Waals surface area contributed by atoms with Crippen molar-refractivity contribution in [1.82, 2.24) is 15.2 Å². The van der Waals surface area contributed by atoms with Gasteiger partial charge in [0.1, 0.15) is 16.8 Å². The van der Waals surface area contributed by atoms with Crippen LogP contribution in [0.25, 0.3) is 10.6 Å². The number of nitrogens with one attached hydrogen (secondary N) is 1. The van der Waals surface area contributed by atoms with E-state index < -0.39 is 6.04 Å². The van der Waals surface area contributed by atoms with E-state index in [9.17, 15) is 9.59 Å². The maximum atomic E-state index is 13.1. The summed E-state index contributed by atoms with van der Waals surface area (Å²) in [4.78, 5) is 32.5. The Labute approximate surface area is 192 Å². The molecule has 2 amide bonds. The van der Waals surface area contributed by atoms with E-state index >= 15 is 0 Å². The van der Waals surface area contributed by atoms with Gasteiger partial charge >= 0.3 is 0 Å². The molecule has 1 aromatic heterocycles. The Morgan fingerprint density at radius 2 is 1.81 bits per heavy atom. The Morgan fingerprint density at radius 1 is 1.09 bits per heavy atom. The number of thiazole rings is 1. The fourth-order valence-electron chi connectivity index (χ4n) is 3.87. The van der Waals surface area contributed by atoms with E-state index in [1.54, 1.807) is 0 Å². The number of amides is 2. The molecule has 7 heteroatoms. The van der Waals surface area contributed by atoms with Crippen molar-refractivity contribution in [3.8, 4) is 16.3 Å². The number of carbonyl (C=O) groups excluding carboxylic acids is 2. The molecule has 0 aliphatic carbocycles. The fraction of sp³-hybridized carbons (Fsp3) is 0.320. The van der Waals surface area contributed by atoms with Crippen molar-refractivity contribution < 1.29 is 14.3 Å².